The summed E-state index contributed by atoms with van der Waals surface area (Å²) in [5, 5.41) is 8.73. The first-order chi connectivity index (χ1) is 5.58. The highest BCUT2D eigenvalue weighted by atomic mass is 31.2. The van der Waals surface area contributed by atoms with E-state index in [0.29, 0.717) is 5.95 Å². The van der Waals surface area contributed by atoms with E-state index in [4.69, 9.17) is 9.79 Å². The molecule has 0 saturated heterocycles. The van der Waals surface area contributed by atoms with Gasteiger partial charge in [0.1, 0.15) is 6.33 Å². The van der Waals surface area contributed by atoms with Crippen molar-refractivity contribution in [1.29, 1.82) is 0 Å². The summed E-state index contributed by atoms with van der Waals surface area (Å²) >= 11 is 0. The van der Waals surface area contributed by atoms with Gasteiger partial charge in [0.15, 0.2) is 0 Å². The Bertz CT molecular complexity index is 268. The maximum absolute atomic E-state index is 10.4. The molecule has 0 aromatic carbocycles. The Hall–Kier alpha value is -0.910. The maximum Gasteiger partial charge on any atom is 0.327 e. The van der Waals surface area contributed by atoms with Crippen LogP contribution in [-0.4, -0.2) is 37.7 Å². The van der Waals surface area contributed by atoms with Crippen LogP contribution in [-0.2, 0) is 4.57 Å². The van der Waals surface area contributed by atoms with Crippen LogP contribution in [0.2, 0.25) is 0 Å². The molecule has 0 bridgehead atoms. The molecule has 0 atom stereocenters. The number of hydrogen-bond acceptors (Lipinski definition) is 4. The first-order valence-electron chi connectivity index (χ1n) is 3.22. The number of aromatic amines is 1. The van der Waals surface area contributed by atoms with Crippen molar-refractivity contribution in [1.82, 2.24) is 15.2 Å². The number of nitrogens with zero attached hydrogens (tertiary/aromatic N) is 2. The highest BCUT2D eigenvalue weighted by Crippen LogP contribution is 2.33. The minimum absolute atomic E-state index is 0.155. The minimum atomic E-state index is -3.91. The Balaban J connectivity index is 2.24. The van der Waals surface area contributed by atoms with Crippen LogP contribution >= 0.6 is 7.60 Å². The van der Waals surface area contributed by atoms with Gasteiger partial charge in [-0.15, -0.1) is 5.10 Å². The van der Waals surface area contributed by atoms with E-state index in [1.807, 2.05) is 0 Å². The van der Waals surface area contributed by atoms with Gasteiger partial charge in [0, 0.05) is 6.54 Å². The van der Waals surface area contributed by atoms with Crippen LogP contribution in [0, 0.1) is 0 Å². The fourth-order valence-electron chi connectivity index (χ4n) is 0.607. The highest BCUT2D eigenvalue weighted by molar-refractivity contribution is 7.51. The summed E-state index contributed by atoms with van der Waals surface area (Å²) in [5.74, 6) is 0.337. The van der Waals surface area contributed by atoms with Crippen LogP contribution in [0.4, 0.5) is 5.95 Å². The van der Waals surface area contributed by atoms with E-state index < -0.39 is 7.60 Å². The summed E-state index contributed by atoms with van der Waals surface area (Å²) < 4.78 is 10.4. The van der Waals surface area contributed by atoms with Crippen molar-refractivity contribution in [2.24, 2.45) is 0 Å². The maximum atomic E-state index is 10.4. The molecule has 0 radical (unpaired) electrons. The number of rotatable bonds is 4. The number of hydrogen-bond donors (Lipinski definition) is 4. The van der Waals surface area contributed by atoms with E-state index in [2.05, 4.69) is 20.5 Å². The lowest BCUT2D eigenvalue weighted by Crippen LogP contribution is -2.07. The Kier molecular flexibility index (Phi) is 2.80. The molecular formula is C4H9N4O3P. The smallest absolute Gasteiger partial charge is 0.327 e. The average Bonchev–Trinajstić information content (AvgIpc) is 2.36. The van der Waals surface area contributed by atoms with Crippen LogP contribution in [0.5, 0.6) is 0 Å². The Morgan fingerprint density at radius 1 is 1.67 bits per heavy atom. The molecule has 0 unspecified atom stereocenters. The van der Waals surface area contributed by atoms with Crippen LogP contribution in [0.3, 0.4) is 0 Å². The summed E-state index contributed by atoms with van der Waals surface area (Å²) in [4.78, 5) is 20.6. The highest BCUT2D eigenvalue weighted by Gasteiger charge is 2.11. The van der Waals surface area contributed by atoms with E-state index in [1.54, 1.807) is 0 Å². The monoisotopic (exact) mass is 192 g/mol. The van der Waals surface area contributed by atoms with Crippen molar-refractivity contribution in [3.05, 3.63) is 6.33 Å². The zero-order valence-electron chi connectivity index (χ0n) is 6.14. The van der Waals surface area contributed by atoms with Gasteiger partial charge in [0.25, 0.3) is 0 Å². The second-order valence-corrected chi connectivity index (χ2v) is 3.91. The SMILES string of the molecule is O=P(O)(O)CCNc1nc[nH]n1. The number of aromatic nitrogens is 3. The predicted octanol–water partition coefficient (Wildman–Crippen LogP) is -0.606. The third-order valence-electron chi connectivity index (χ3n) is 1.10. The van der Waals surface area contributed by atoms with Gasteiger partial charge in [0.05, 0.1) is 6.16 Å². The first kappa shape index (κ1) is 9.18. The molecule has 4 N–H and O–H groups in total. The fourth-order valence-corrected chi connectivity index (χ4v) is 1.01. The van der Waals surface area contributed by atoms with Crippen molar-refractivity contribution in [3.63, 3.8) is 0 Å². The van der Waals surface area contributed by atoms with Gasteiger partial charge in [-0.05, 0) is 0 Å². The summed E-state index contributed by atoms with van der Waals surface area (Å²) in [6, 6.07) is 0. The average molecular weight is 192 g/mol. The second-order valence-electron chi connectivity index (χ2n) is 2.14. The zero-order valence-corrected chi connectivity index (χ0v) is 7.03. The van der Waals surface area contributed by atoms with Gasteiger partial charge >= 0.3 is 7.60 Å². The molecule has 7 nitrogen and oxygen atoms in total. The van der Waals surface area contributed by atoms with Gasteiger partial charge in [-0.3, -0.25) is 9.66 Å². The molecule has 1 aromatic rings. The van der Waals surface area contributed by atoms with E-state index in [-0.39, 0.29) is 12.7 Å². The van der Waals surface area contributed by atoms with E-state index in [1.165, 1.54) is 6.33 Å². The van der Waals surface area contributed by atoms with E-state index in [0.717, 1.165) is 0 Å². The fraction of sp³-hybridized carbons (Fsp3) is 0.500. The lowest BCUT2D eigenvalue weighted by atomic mass is 10.7. The van der Waals surface area contributed by atoms with Crippen molar-refractivity contribution >= 4 is 13.5 Å². The third-order valence-corrected chi connectivity index (χ3v) is 1.91. The molecule has 0 aliphatic heterocycles. The van der Waals surface area contributed by atoms with Gasteiger partial charge in [-0.25, -0.2) is 4.98 Å². The van der Waals surface area contributed by atoms with Crippen LogP contribution in [0.15, 0.2) is 6.33 Å². The van der Waals surface area contributed by atoms with Crippen LogP contribution in [0.25, 0.3) is 0 Å². The normalized spacial score (nSPS) is 11.5. The van der Waals surface area contributed by atoms with Crippen LogP contribution in [0.1, 0.15) is 0 Å². The molecule has 0 aliphatic rings. The van der Waals surface area contributed by atoms with Gasteiger partial charge in [0.2, 0.25) is 5.95 Å². The quantitative estimate of drug-likeness (QED) is 0.474. The molecular weight excluding hydrogens is 183 g/mol. The Morgan fingerprint density at radius 2 is 2.42 bits per heavy atom. The summed E-state index contributed by atoms with van der Waals surface area (Å²) in [6.07, 6.45) is 1.15. The predicted molar refractivity (Wildman–Crippen MR) is 41.8 cm³/mol. The van der Waals surface area contributed by atoms with Gasteiger partial charge in [-0.2, -0.15) is 0 Å². The summed E-state index contributed by atoms with van der Waals surface area (Å²) in [5.41, 5.74) is 0. The lowest BCUT2D eigenvalue weighted by molar-refractivity contribution is 0.374. The Morgan fingerprint density at radius 3 is 2.92 bits per heavy atom. The Labute approximate surface area is 68.4 Å². The molecule has 1 aromatic heterocycles. The van der Waals surface area contributed by atoms with Crippen molar-refractivity contribution < 1.29 is 14.4 Å². The molecule has 0 spiro atoms. The van der Waals surface area contributed by atoms with Gasteiger partial charge in [-0.1, -0.05) is 0 Å². The van der Waals surface area contributed by atoms with Crippen molar-refractivity contribution in [2.45, 2.75) is 0 Å². The number of nitrogens with one attached hydrogen (secondary N) is 2. The zero-order chi connectivity index (χ0) is 9.03. The topological polar surface area (TPSA) is 111 Å². The minimum Gasteiger partial charge on any atom is -0.352 e. The van der Waals surface area contributed by atoms with Crippen molar-refractivity contribution in [3.8, 4) is 0 Å². The van der Waals surface area contributed by atoms with Gasteiger partial charge < -0.3 is 15.1 Å². The third kappa shape index (κ3) is 3.47. The largest absolute Gasteiger partial charge is 0.352 e. The molecule has 0 amide bonds. The number of H-pyrrole nitrogens is 1. The van der Waals surface area contributed by atoms with E-state index >= 15 is 0 Å². The molecule has 12 heavy (non-hydrogen) atoms. The number of anilines is 1. The standard InChI is InChI=1S/C4H9N4O3P/c9-12(10,11)2-1-5-4-6-3-7-8-4/h3H,1-2H2,(H2,9,10,11)(H2,5,6,7,8). The second kappa shape index (κ2) is 3.66. The van der Waals surface area contributed by atoms with Crippen molar-refractivity contribution in [2.75, 3.05) is 18.0 Å². The molecule has 0 aliphatic carbocycles. The molecule has 1 rings (SSSR count). The molecule has 0 fully saturated rings. The lowest BCUT2D eigenvalue weighted by Gasteiger charge is -2.02. The molecule has 0 saturated carbocycles. The molecule has 8 heteroatoms. The van der Waals surface area contributed by atoms with E-state index in [9.17, 15) is 4.57 Å². The molecule has 1 heterocycles. The summed E-state index contributed by atoms with van der Waals surface area (Å²) in [6.45, 7) is 0.155. The summed E-state index contributed by atoms with van der Waals surface area (Å²) in [7, 11) is -3.91. The van der Waals surface area contributed by atoms with Crippen LogP contribution < -0.4 is 5.32 Å². The first-order valence-corrected chi connectivity index (χ1v) is 5.02. The molecule has 68 valence electrons.